The fraction of sp³-hybridized carbons (Fsp3) is 0.875. The molecule has 0 bridgehead atoms. The molecule has 1 rings (SSSR count). The number of carbonyl (C=O) groups is 1. The summed E-state index contributed by atoms with van der Waals surface area (Å²) in [5.74, 6) is -0.850. The third-order valence-corrected chi connectivity index (χ3v) is 2.10. The first kappa shape index (κ1) is 9.48. The molecule has 1 unspecified atom stereocenters. The highest BCUT2D eigenvalue weighted by Gasteiger charge is 2.22. The molecule has 1 aliphatic rings. The number of rotatable bonds is 3. The molecule has 70 valence electrons. The Balaban J connectivity index is 2.29. The number of carboxylic acid groups (broad SMARTS) is 1. The van der Waals surface area contributed by atoms with Gasteiger partial charge in [0.15, 0.2) is 0 Å². The number of hydrogen-bond donors (Lipinski definition) is 2. The average molecular weight is 173 g/mol. The van der Waals surface area contributed by atoms with Crippen molar-refractivity contribution in [1.82, 2.24) is 0 Å². The van der Waals surface area contributed by atoms with Gasteiger partial charge < -0.3 is 15.6 Å². The van der Waals surface area contributed by atoms with Gasteiger partial charge in [-0.3, -0.25) is 4.79 Å². The van der Waals surface area contributed by atoms with Crippen molar-refractivity contribution >= 4 is 5.97 Å². The second kappa shape index (κ2) is 4.42. The van der Waals surface area contributed by atoms with E-state index in [-0.39, 0.29) is 18.6 Å². The molecule has 0 amide bonds. The summed E-state index contributed by atoms with van der Waals surface area (Å²) in [7, 11) is 0. The van der Waals surface area contributed by atoms with Crippen LogP contribution in [0.5, 0.6) is 0 Å². The zero-order valence-electron chi connectivity index (χ0n) is 7.03. The lowest BCUT2D eigenvalue weighted by atomic mass is 10.0. The van der Waals surface area contributed by atoms with Crippen LogP contribution < -0.4 is 5.73 Å². The van der Waals surface area contributed by atoms with Gasteiger partial charge in [0.05, 0.1) is 12.5 Å². The van der Waals surface area contributed by atoms with Crippen LogP contribution in [0, 0.1) is 0 Å². The van der Waals surface area contributed by atoms with E-state index < -0.39 is 5.97 Å². The maximum absolute atomic E-state index is 10.3. The smallest absolute Gasteiger partial charge is 0.305 e. The first-order chi connectivity index (χ1) is 5.70. The number of aliphatic carboxylic acids is 1. The molecule has 1 fully saturated rings. The molecule has 0 radical (unpaired) electrons. The predicted molar refractivity (Wildman–Crippen MR) is 43.8 cm³/mol. The van der Waals surface area contributed by atoms with Gasteiger partial charge in [0.25, 0.3) is 0 Å². The number of hydrogen-bond acceptors (Lipinski definition) is 3. The summed E-state index contributed by atoms with van der Waals surface area (Å²) in [6.45, 7) is 0.720. The first-order valence-corrected chi connectivity index (χ1v) is 4.29. The van der Waals surface area contributed by atoms with E-state index in [0.29, 0.717) is 0 Å². The Hall–Kier alpha value is -0.610. The summed E-state index contributed by atoms with van der Waals surface area (Å²) in [5, 5.41) is 8.48. The summed E-state index contributed by atoms with van der Waals surface area (Å²) in [4.78, 5) is 10.3. The normalized spacial score (nSPS) is 26.6. The van der Waals surface area contributed by atoms with E-state index in [4.69, 9.17) is 15.6 Å². The summed E-state index contributed by atoms with van der Waals surface area (Å²) in [5.41, 5.74) is 5.64. The fourth-order valence-electron chi connectivity index (χ4n) is 1.44. The lowest BCUT2D eigenvalue weighted by Gasteiger charge is -2.26. The largest absolute Gasteiger partial charge is 0.481 e. The van der Waals surface area contributed by atoms with Crippen molar-refractivity contribution in [3.63, 3.8) is 0 Å². The van der Waals surface area contributed by atoms with Gasteiger partial charge in [-0.25, -0.2) is 0 Å². The Bertz CT molecular complexity index is 154. The van der Waals surface area contributed by atoms with Crippen LogP contribution in [0.25, 0.3) is 0 Å². The molecule has 0 aromatic heterocycles. The summed E-state index contributed by atoms with van der Waals surface area (Å²) >= 11 is 0. The zero-order valence-corrected chi connectivity index (χ0v) is 7.03. The monoisotopic (exact) mass is 173 g/mol. The van der Waals surface area contributed by atoms with Crippen LogP contribution in [0.1, 0.15) is 25.7 Å². The summed E-state index contributed by atoms with van der Waals surface area (Å²) < 4.78 is 5.35. The van der Waals surface area contributed by atoms with Crippen molar-refractivity contribution in [2.45, 2.75) is 37.8 Å². The van der Waals surface area contributed by atoms with Crippen molar-refractivity contribution in [3.8, 4) is 0 Å². The van der Waals surface area contributed by atoms with Gasteiger partial charge in [-0.15, -0.1) is 0 Å². The molecule has 0 saturated carbocycles. The molecule has 0 aromatic rings. The van der Waals surface area contributed by atoms with Crippen molar-refractivity contribution in [2.24, 2.45) is 5.73 Å². The van der Waals surface area contributed by atoms with Gasteiger partial charge in [-0.2, -0.15) is 0 Å². The Morgan fingerprint density at radius 1 is 1.67 bits per heavy atom. The minimum absolute atomic E-state index is 0.00463. The SMILES string of the molecule is N[C@@H](CC(=O)O)C1CCCCO1. The lowest BCUT2D eigenvalue weighted by molar-refractivity contribution is -0.138. The minimum atomic E-state index is -0.850. The van der Waals surface area contributed by atoms with Gasteiger partial charge in [0.2, 0.25) is 0 Å². The molecule has 0 aromatic carbocycles. The van der Waals surface area contributed by atoms with E-state index in [1.807, 2.05) is 0 Å². The third kappa shape index (κ3) is 2.79. The molecular weight excluding hydrogens is 158 g/mol. The van der Waals surface area contributed by atoms with Crippen LogP contribution in [0.15, 0.2) is 0 Å². The molecule has 0 aliphatic carbocycles. The summed E-state index contributed by atoms with van der Waals surface area (Å²) in [6.07, 6.45) is 3.02. The maximum Gasteiger partial charge on any atom is 0.305 e. The van der Waals surface area contributed by atoms with Gasteiger partial charge >= 0.3 is 5.97 Å². The van der Waals surface area contributed by atoms with Gasteiger partial charge in [-0.05, 0) is 19.3 Å². The number of ether oxygens (including phenoxy) is 1. The molecule has 12 heavy (non-hydrogen) atoms. The Morgan fingerprint density at radius 2 is 2.42 bits per heavy atom. The minimum Gasteiger partial charge on any atom is -0.481 e. The maximum atomic E-state index is 10.3. The fourth-order valence-corrected chi connectivity index (χ4v) is 1.44. The highest BCUT2D eigenvalue weighted by molar-refractivity contribution is 5.67. The highest BCUT2D eigenvalue weighted by atomic mass is 16.5. The van der Waals surface area contributed by atoms with Crippen LogP contribution in [0.2, 0.25) is 0 Å². The van der Waals surface area contributed by atoms with Crippen molar-refractivity contribution in [1.29, 1.82) is 0 Å². The van der Waals surface area contributed by atoms with Crippen LogP contribution in [-0.2, 0) is 9.53 Å². The Morgan fingerprint density at radius 3 is 2.92 bits per heavy atom. The Kier molecular flexibility index (Phi) is 3.49. The zero-order chi connectivity index (χ0) is 8.97. The van der Waals surface area contributed by atoms with E-state index in [1.54, 1.807) is 0 Å². The molecule has 1 heterocycles. The van der Waals surface area contributed by atoms with Crippen LogP contribution >= 0.6 is 0 Å². The van der Waals surface area contributed by atoms with E-state index in [2.05, 4.69) is 0 Å². The van der Waals surface area contributed by atoms with E-state index in [9.17, 15) is 4.79 Å². The number of carboxylic acids is 1. The van der Waals surface area contributed by atoms with E-state index in [0.717, 1.165) is 25.9 Å². The lowest BCUT2D eigenvalue weighted by Crippen LogP contribution is -2.40. The molecule has 4 heteroatoms. The van der Waals surface area contributed by atoms with Gasteiger partial charge in [-0.1, -0.05) is 0 Å². The quantitative estimate of drug-likeness (QED) is 0.646. The molecule has 3 N–H and O–H groups in total. The topological polar surface area (TPSA) is 72.6 Å². The van der Waals surface area contributed by atoms with Crippen molar-refractivity contribution in [3.05, 3.63) is 0 Å². The van der Waals surface area contributed by atoms with Gasteiger partial charge in [0, 0.05) is 12.6 Å². The molecular formula is C8H15NO3. The molecule has 0 spiro atoms. The average Bonchev–Trinajstić information content (AvgIpc) is 2.05. The molecule has 1 saturated heterocycles. The highest BCUT2D eigenvalue weighted by Crippen LogP contribution is 2.16. The van der Waals surface area contributed by atoms with Crippen LogP contribution in [0.4, 0.5) is 0 Å². The van der Waals surface area contributed by atoms with Gasteiger partial charge in [0.1, 0.15) is 0 Å². The van der Waals surface area contributed by atoms with E-state index in [1.165, 1.54) is 0 Å². The van der Waals surface area contributed by atoms with E-state index >= 15 is 0 Å². The third-order valence-electron chi connectivity index (χ3n) is 2.10. The predicted octanol–water partition coefficient (Wildman–Crippen LogP) is 0.357. The first-order valence-electron chi connectivity index (χ1n) is 4.29. The number of nitrogens with two attached hydrogens (primary N) is 1. The molecule has 4 nitrogen and oxygen atoms in total. The standard InChI is InChI=1S/C8H15NO3/c9-6(5-8(10)11)7-3-1-2-4-12-7/h6-7H,1-5,9H2,(H,10,11)/t6-,7?/m0/s1. The van der Waals surface area contributed by atoms with Crippen molar-refractivity contribution in [2.75, 3.05) is 6.61 Å². The molecule has 1 aliphatic heterocycles. The van der Waals surface area contributed by atoms with Crippen LogP contribution in [-0.4, -0.2) is 29.8 Å². The second-order valence-electron chi connectivity index (χ2n) is 3.17. The summed E-state index contributed by atoms with van der Waals surface area (Å²) in [6, 6.07) is -0.345. The Labute approximate surface area is 71.7 Å². The second-order valence-corrected chi connectivity index (χ2v) is 3.17. The van der Waals surface area contributed by atoms with Crippen molar-refractivity contribution < 1.29 is 14.6 Å². The molecule has 2 atom stereocenters. The van der Waals surface area contributed by atoms with Crippen LogP contribution in [0.3, 0.4) is 0 Å².